The molecule has 0 aliphatic heterocycles. The zero-order chi connectivity index (χ0) is 17.1. The first-order valence-corrected chi connectivity index (χ1v) is 8.30. The van der Waals surface area contributed by atoms with E-state index in [4.69, 9.17) is 0 Å². The van der Waals surface area contributed by atoms with Crippen molar-refractivity contribution >= 4 is 0 Å². The summed E-state index contributed by atoms with van der Waals surface area (Å²) in [5, 5.41) is 0. The molecule has 0 heterocycles. The van der Waals surface area contributed by atoms with Gasteiger partial charge >= 0.3 is 0 Å². The van der Waals surface area contributed by atoms with E-state index in [9.17, 15) is 0 Å². The summed E-state index contributed by atoms with van der Waals surface area (Å²) in [7, 11) is 0. The Bertz CT molecular complexity index is 626. The lowest BCUT2D eigenvalue weighted by Gasteiger charge is -2.00. The molecular weight excluding hydrogens is 276 g/mol. The Hall–Kier alpha value is -2.34. The van der Waals surface area contributed by atoms with Crippen LogP contribution in [0.4, 0.5) is 0 Å². The molecule has 0 radical (unpaired) electrons. The van der Waals surface area contributed by atoms with E-state index in [0.717, 1.165) is 0 Å². The van der Waals surface area contributed by atoms with E-state index < -0.39 is 0 Å². The molecule has 0 unspecified atom stereocenters. The summed E-state index contributed by atoms with van der Waals surface area (Å²) in [6.07, 6.45) is 0. The van der Waals surface area contributed by atoms with Gasteiger partial charge in [-0.2, -0.15) is 0 Å². The first kappa shape index (κ1) is 18.7. The Kier molecular flexibility index (Phi) is 8.46. The fourth-order valence-electron chi connectivity index (χ4n) is 2.01. The molecule has 0 aromatic heterocycles. The Balaban J connectivity index is 0.000000228. The highest BCUT2D eigenvalue weighted by atomic mass is 14.0. The van der Waals surface area contributed by atoms with E-state index in [1.165, 1.54) is 27.8 Å². The van der Waals surface area contributed by atoms with Gasteiger partial charge in [-0.3, -0.25) is 0 Å². The Labute approximate surface area is 141 Å². The fraction of sp³-hybridized carbons (Fsp3) is 0.217. The second-order valence-corrected chi connectivity index (χ2v) is 5.39. The summed E-state index contributed by atoms with van der Waals surface area (Å²) in [6.45, 7) is 10.3. The molecular formula is C23H28. The smallest absolute Gasteiger partial charge is 0.0184 e. The van der Waals surface area contributed by atoms with Crippen LogP contribution in [-0.2, 0) is 0 Å². The summed E-state index contributed by atoms with van der Waals surface area (Å²) < 4.78 is 0. The first-order valence-electron chi connectivity index (χ1n) is 8.30. The molecule has 0 aliphatic rings. The summed E-state index contributed by atoms with van der Waals surface area (Å²) in [5.74, 6) is 0. The molecule has 3 aromatic rings. The van der Waals surface area contributed by atoms with Crippen molar-refractivity contribution in [3.05, 3.63) is 95.6 Å². The standard InChI is InChI=1S/C13H12.C8H10.C2H6/c1-11-7-9-13(10-8-11)12-5-3-2-4-6-12;1-7-3-5-8(2)6-4-7;1-2/h2-10H,1H3;3-6H,1-2H3;1-2H3. The van der Waals surface area contributed by atoms with Crippen molar-refractivity contribution in [2.45, 2.75) is 34.6 Å². The van der Waals surface area contributed by atoms with Crippen molar-refractivity contribution in [1.29, 1.82) is 0 Å². The predicted octanol–water partition coefficient (Wildman–Crippen LogP) is 6.99. The summed E-state index contributed by atoms with van der Waals surface area (Å²) in [4.78, 5) is 0. The molecule has 0 saturated heterocycles. The maximum atomic E-state index is 2.16. The van der Waals surface area contributed by atoms with Gasteiger partial charge in [0.25, 0.3) is 0 Å². The number of aryl methyl sites for hydroxylation is 3. The maximum absolute atomic E-state index is 2.16. The highest BCUT2D eigenvalue weighted by Crippen LogP contribution is 2.18. The van der Waals surface area contributed by atoms with Crippen molar-refractivity contribution in [1.82, 2.24) is 0 Å². The molecule has 0 N–H and O–H groups in total. The molecule has 3 aromatic carbocycles. The minimum Gasteiger partial charge on any atom is -0.0683 e. The van der Waals surface area contributed by atoms with Gasteiger partial charge in [-0.15, -0.1) is 0 Å². The van der Waals surface area contributed by atoms with Crippen LogP contribution in [0.25, 0.3) is 11.1 Å². The molecule has 0 bridgehead atoms. The van der Waals surface area contributed by atoms with Gasteiger partial charge in [0.05, 0.1) is 0 Å². The first-order chi connectivity index (χ1) is 11.1. The normalized spacial score (nSPS) is 9.09. The van der Waals surface area contributed by atoms with Gasteiger partial charge in [0, 0.05) is 0 Å². The fourth-order valence-corrected chi connectivity index (χ4v) is 2.01. The molecule has 0 amide bonds. The van der Waals surface area contributed by atoms with Crippen LogP contribution in [0.5, 0.6) is 0 Å². The van der Waals surface area contributed by atoms with Crippen LogP contribution in [0.1, 0.15) is 30.5 Å². The summed E-state index contributed by atoms with van der Waals surface area (Å²) >= 11 is 0. The zero-order valence-corrected chi connectivity index (χ0v) is 15.0. The molecule has 120 valence electrons. The number of hydrogen-bond donors (Lipinski definition) is 0. The highest BCUT2D eigenvalue weighted by molar-refractivity contribution is 5.63. The van der Waals surface area contributed by atoms with E-state index in [1.807, 2.05) is 19.9 Å². The number of benzene rings is 3. The molecule has 23 heavy (non-hydrogen) atoms. The van der Waals surface area contributed by atoms with Crippen molar-refractivity contribution in [2.75, 3.05) is 0 Å². The lowest BCUT2D eigenvalue weighted by molar-refractivity contribution is 1.40. The summed E-state index contributed by atoms with van der Waals surface area (Å²) in [5.41, 5.74) is 6.53. The van der Waals surface area contributed by atoms with Crippen LogP contribution >= 0.6 is 0 Å². The van der Waals surface area contributed by atoms with Crippen LogP contribution in [0.2, 0.25) is 0 Å². The van der Waals surface area contributed by atoms with Crippen LogP contribution in [0.3, 0.4) is 0 Å². The van der Waals surface area contributed by atoms with E-state index in [2.05, 4.69) is 93.6 Å². The minimum atomic E-state index is 1.28. The quantitative estimate of drug-likeness (QED) is 0.454. The van der Waals surface area contributed by atoms with Gasteiger partial charge in [-0.05, 0) is 31.9 Å². The van der Waals surface area contributed by atoms with E-state index in [1.54, 1.807) is 0 Å². The minimum absolute atomic E-state index is 1.28. The van der Waals surface area contributed by atoms with Gasteiger partial charge in [0.1, 0.15) is 0 Å². The van der Waals surface area contributed by atoms with Gasteiger partial charge in [0.15, 0.2) is 0 Å². The Morgan fingerprint density at radius 2 is 0.696 bits per heavy atom. The molecule has 0 aliphatic carbocycles. The number of rotatable bonds is 1. The zero-order valence-electron chi connectivity index (χ0n) is 15.0. The van der Waals surface area contributed by atoms with E-state index in [0.29, 0.717) is 0 Å². The van der Waals surface area contributed by atoms with Crippen molar-refractivity contribution in [2.24, 2.45) is 0 Å². The van der Waals surface area contributed by atoms with Crippen molar-refractivity contribution in [3.63, 3.8) is 0 Å². The van der Waals surface area contributed by atoms with Crippen LogP contribution in [-0.4, -0.2) is 0 Å². The monoisotopic (exact) mass is 304 g/mol. The second-order valence-electron chi connectivity index (χ2n) is 5.39. The molecule has 0 saturated carbocycles. The van der Waals surface area contributed by atoms with Crippen LogP contribution < -0.4 is 0 Å². The third kappa shape index (κ3) is 6.97. The molecule has 0 atom stereocenters. The van der Waals surface area contributed by atoms with Gasteiger partial charge < -0.3 is 0 Å². The van der Waals surface area contributed by atoms with Crippen molar-refractivity contribution < 1.29 is 0 Å². The van der Waals surface area contributed by atoms with Crippen LogP contribution in [0, 0.1) is 20.8 Å². The molecule has 0 nitrogen and oxygen atoms in total. The van der Waals surface area contributed by atoms with Crippen LogP contribution in [0.15, 0.2) is 78.9 Å². The topological polar surface area (TPSA) is 0 Å². The van der Waals surface area contributed by atoms with Crippen molar-refractivity contribution in [3.8, 4) is 11.1 Å². The second kappa shape index (κ2) is 10.4. The third-order valence-electron chi connectivity index (χ3n) is 3.38. The molecule has 0 heteroatoms. The number of hydrogen-bond acceptors (Lipinski definition) is 0. The van der Waals surface area contributed by atoms with Gasteiger partial charge in [0.2, 0.25) is 0 Å². The average Bonchev–Trinajstić information content (AvgIpc) is 2.61. The third-order valence-corrected chi connectivity index (χ3v) is 3.38. The lowest BCUT2D eigenvalue weighted by atomic mass is 10.0. The van der Waals surface area contributed by atoms with Gasteiger partial charge in [-0.1, -0.05) is 109 Å². The summed E-state index contributed by atoms with van der Waals surface area (Å²) in [6, 6.07) is 27.5. The molecule has 0 spiro atoms. The molecule has 3 rings (SSSR count). The van der Waals surface area contributed by atoms with Gasteiger partial charge in [-0.25, -0.2) is 0 Å². The highest BCUT2D eigenvalue weighted by Gasteiger charge is 1.93. The van der Waals surface area contributed by atoms with E-state index >= 15 is 0 Å². The SMILES string of the molecule is CC.Cc1ccc(-c2ccccc2)cc1.Cc1ccc(C)cc1. The average molecular weight is 304 g/mol. The largest absolute Gasteiger partial charge is 0.0683 e. The maximum Gasteiger partial charge on any atom is -0.0184 e. The Morgan fingerprint density at radius 1 is 0.391 bits per heavy atom. The Morgan fingerprint density at radius 3 is 1.09 bits per heavy atom. The van der Waals surface area contributed by atoms with E-state index in [-0.39, 0.29) is 0 Å². The molecule has 0 fully saturated rings. The predicted molar refractivity (Wildman–Crippen MR) is 104 cm³/mol. The lowest BCUT2D eigenvalue weighted by Crippen LogP contribution is -1.76.